The summed E-state index contributed by atoms with van der Waals surface area (Å²) in [6.45, 7) is 0.909. The van der Waals surface area contributed by atoms with Gasteiger partial charge >= 0.3 is 0 Å². The minimum Gasteiger partial charge on any atom is -0.395 e. The molecule has 2 rings (SSSR count). The van der Waals surface area contributed by atoms with Crippen LogP contribution in [0.4, 0.5) is 0 Å². The third-order valence-corrected chi connectivity index (χ3v) is 4.77. The Morgan fingerprint density at radius 1 is 1.50 bits per heavy atom. The molecule has 1 fully saturated rings. The van der Waals surface area contributed by atoms with E-state index in [-0.39, 0.29) is 12.4 Å². The zero-order valence-electron chi connectivity index (χ0n) is 9.86. The van der Waals surface area contributed by atoms with Crippen LogP contribution in [-0.4, -0.2) is 41.5 Å². The number of thiophene rings is 1. The number of hydrogen-bond acceptors (Lipinski definition) is 4. The van der Waals surface area contributed by atoms with Gasteiger partial charge in [0.05, 0.1) is 23.1 Å². The van der Waals surface area contributed by atoms with E-state index < -0.39 is 0 Å². The molecule has 0 atom stereocenters. The average molecular weight is 308 g/mol. The van der Waals surface area contributed by atoms with E-state index in [1.54, 1.807) is 6.07 Å². The lowest BCUT2D eigenvalue weighted by molar-refractivity contribution is 0.0748. The molecule has 0 spiro atoms. The van der Waals surface area contributed by atoms with Crippen LogP contribution in [0, 0.1) is 0 Å². The topological polar surface area (TPSA) is 40.5 Å². The molecule has 0 bridgehead atoms. The number of hydrogen-bond donors (Lipinski definition) is 1. The zero-order valence-corrected chi connectivity index (χ0v) is 12.2. The molecule has 1 aliphatic rings. The fourth-order valence-corrected chi connectivity index (χ4v) is 3.57. The Balaban J connectivity index is 2.01. The van der Waals surface area contributed by atoms with Gasteiger partial charge < -0.3 is 5.11 Å². The predicted molar refractivity (Wildman–Crippen MR) is 75.0 cm³/mol. The molecule has 0 aromatic carbocycles. The van der Waals surface area contributed by atoms with Crippen molar-refractivity contribution in [2.75, 3.05) is 19.7 Å². The van der Waals surface area contributed by atoms with Crippen LogP contribution in [0.3, 0.4) is 0 Å². The highest BCUT2D eigenvalue weighted by atomic mass is 35.5. The quantitative estimate of drug-likeness (QED) is 0.821. The van der Waals surface area contributed by atoms with Crippen molar-refractivity contribution in [2.45, 2.75) is 25.3 Å². The number of ketones is 1. The third kappa shape index (κ3) is 3.25. The first kappa shape index (κ1) is 14.3. The molecule has 1 aromatic rings. The Morgan fingerprint density at radius 3 is 2.67 bits per heavy atom. The average Bonchev–Trinajstić information content (AvgIpc) is 2.55. The maximum absolute atomic E-state index is 12.1. The van der Waals surface area contributed by atoms with Crippen molar-refractivity contribution < 1.29 is 9.90 Å². The number of nitrogens with zero attached hydrogens (tertiary/aromatic N) is 1. The monoisotopic (exact) mass is 307 g/mol. The molecule has 6 heteroatoms. The van der Waals surface area contributed by atoms with Crippen LogP contribution in [0.2, 0.25) is 8.67 Å². The first-order chi connectivity index (χ1) is 8.61. The summed E-state index contributed by atoms with van der Waals surface area (Å²) >= 11 is 13.0. The lowest BCUT2D eigenvalue weighted by Crippen LogP contribution is -2.44. The van der Waals surface area contributed by atoms with Gasteiger partial charge in [0.1, 0.15) is 4.34 Å². The standard InChI is InChI=1S/C12H15Cl2NO2S/c13-11-6-9(12(14)18-11)10(17)7-15(4-5-16)8-2-1-3-8/h6,8,16H,1-5,7H2. The Hall–Kier alpha value is -0.130. The van der Waals surface area contributed by atoms with Crippen LogP contribution < -0.4 is 0 Å². The van der Waals surface area contributed by atoms with Gasteiger partial charge in [-0.2, -0.15) is 0 Å². The van der Waals surface area contributed by atoms with Crippen LogP contribution in [-0.2, 0) is 0 Å². The molecule has 1 saturated carbocycles. The molecule has 0 aliphatic heterocycles. The Morgan fingerprint density at radius 2 is 2.22 bits per heavy atom. The van der Waals surface area contributed by atoms with E-state index in [4.69, 9.17) is 28.3 Å². The summed E-state index contributed by atoms with van der Waals surface area (Å²) in [5, 5.41) is 9.05. The van der Waals surface area contributed by atoms with Crippen molar-refractivity contribution in [1.82, 2.24) is 4.90 Å². The summed E-state index contributed by atoms with van der Waals surface area (Å²) in [5.74, 6) is -0.0245. The summed E-state index contributed by atoms with van der Waals surface area (Å²) in [7, 11) is 0. The van der Waals surface area contributed by atoms with Crippen molar-refractivity contribution in [3.63, 3.8) is 0 Å². The van der Waals surface area contributed by atoms with Gasteiger partial charge in [-0.15, -0.1) is 11.3 Å². The third-order valence-electron chi connectivity index (χ3n) is 3.28. The molecular formula is C12H15Cl2NO2S. The number of aliphatic hydroxyl groups is 1. The molecule has 0 saturated heterocycles. The Labute approximate surface area is 120 Å². The van der Waals surface area contributed by atoms with Crippen LogP contribution >= 0.6 is 34.5 Å². The normalized spacial score (nSPS) is 16.0. The van der Waals surface area contributed by atoms with E-state index >= 15 is 0 Å². The highest BCUT2D eigenvalue weighted by Crippen LogP contribution is 2.32. The molecule has 1 heterocycles. The maximum Gasteiger partial charge on any atom is 0.179 e. The first-order valence-corrected chi connectivity index (χ1v) is 7.52. The zero-order chi connectivity index (χ0) is 13.1. The fourth-order valence-electron chi connectivity index (χ4n) is 2.07. The van der Waals surface area contributed by atoms with Gasteiger partial charge in [0.2, 0.25) is 0 Å². The van der Waals surface area contributed by atoms with Gasteiger partial charge in [-0.05, 0) is 18.9 Å². The Bertz CT molecular complexity index is 432. The van der Waals surface area contributed by atoms with Gasteiger partial charge in [0.15, 0.2) is 5.78 Å². The second kappa shape index (κ2) is 6.35. The number of halogens is 2. The van der Waals surface area contributed by atoms with Crippen molar-refractivity contribution in [3.05, 3.63) is 20.3 Å². The van der Waals surface area contributed by atoms with Crippen LogP contribution in [0.25, 0.3) is 0 Å². The molecule has 1 aromatic heterocycles. The molecule has 0 radical (unpaired) electrons. The summed E-state index contributed by atoms with van der Waals surface area (Å²) < 4.78 is 0.975. The lowest BCUT2D eigenvalue weighted by Gasteiger charge is -2.36. The molecule has 1 aliphatic carbocycles. The molecule has 1 N–H and O–H groups in total. The van der Waals surface area contributed by atoms with E-state index in [0.717, 1.165) is 12.8 Å². The van der Waals surface area contributed by atoms with E-state index in [9.17, 15) is 4.79 Å². The molecule has 18 heavy (non-hydrogen) atoms. The van der Waals surface area contributed by atoms with Gasteiger partial charge in [0.25, 0.3) is 0 Å². The second-order valence-electron chi connectivity index (χ2n) is 4.44. The van der Waals surface area contributed by atoms with Crippen LogP contribution in [0.5, 0.6) is 0 Å². The summed E-state index contributed by atoms with van der Waals surface area (Å²) in [5.41, 5.74) is 0.494. The number of carbonyl (C=O) groups is 1. The molecular weight excluding hydrogens is 293 g/mol. The minimum absolute atomic E-state index is 0.0245. The smallest absolute Gasteiger partial charge is 0.179 e. The van der Waals surface area contributed by atoms with Gasteiger partial charge in [0, 0.05) is 12.6 Å². The number of Topliss-reactive ketones (excluding diaryl/α,β-unsaturated/α-hetero) is 1. The second-order valence-corrected chi connectivity index (χ2v) is 6.73. The van der Waals surface area contributed by atoms with Crippen LogP contribution in [0.15, 0.2) is 6.07 Å². The van der Waals surface area contributed by atoms with Crippen molar-refractivity contribution in [3.8, 4) is 0 Å². The SMILES string of the molecule is O=C(CN(CCO)C1CCC1)c1cc(Cl)sc1Cl. The minimum atomic E-state index is -0.0245. The maximum atomic E-state index is 12.1. The molecule has 3 nitrogen and oxygen atoms in total. The first-order valence-electron chi connectivity index (χ1n) is 5.94. The van der Waals surface area contributed by atoms with Gasteiger partial charge in [-0.25, -0.2) is 0 Å². The molecule has 0 unspecified atom stereocenters. The van der Waals surface area contributed by atoms with E-state index in [2.05, 4.69) is 0 Å². The lowest BCUT2D eigenvalue weighted by atomic mass is 9.91. The Kier molecular flexibility index (Phi) is 5.04. The fraction of sp³-hybridized carbons (Fsp3) is 0.583. The highest BCUT2D eigenvalue weighted by Gasteiger charge is 2.27. The number of carbonyl (C=O) groups excluding carboxylic acids is 1. The van der Waals surface area contributed by atoms with Gasteiger partial charge in [-0.3, -0.25) is 9.69 Å². The molecule has 0 amide bonds. The van der Waals surface area contributed by atoms with Crippen molar-refractivity contribution in [2.24, 2.45) is 0 Å². The van der Waals surface area contributed by atoms with E-state index in [0.29, 0.717) is 33.4 Å². The van der Waals surface area contributed by atoms with Crippen molar-refractivity contribution >= 4 is 40.3 Å². The van der Waals surface area contributed by atoms with Crippen molar-refractivity contribution in [1.29, 1.82) is 0 Å². The number of rotatable bonds is 6. The number of aliphatic hydroxyl groups excluding tert-OH is 1. The van der Waals surface area contributed by atoms with Gasteiger partial charge in [-0.1, -0.05) is 29.6 Å². The highest BCUT2D eigenvalue weighted by molar-refractivity contribution is 7.20. The summed E-state index contributed by atoms with van der Waals surface area (Å²) in [6, 6.07) is 2.04. The van der Waals surface area contributed by atoms with E-state index in [1.165, 1.54) is 17.8 Å². The molecule has 100 valence electrons. The van der Waals surface area contributed by atoms with E-state index in [1.807, 2.05) is 4.90 Å². The predicted octanol–water partition coefficient (Wildman–Crippen LogP) is 3.08. The largest absolute Gasteiger partial charge is 0.395 e. The van der Waals surface area contributed by atoms with Crippen LogP contribution in [0.1, 0.15) is 29.6 Å². The summed E-state index contributed by atoms with van der Waals surface area (Å²) in [4.78, 5) is 14.2. The summed E-state index contributed by atoms with van der Waals surface area (Å²) in [6.07, 6.45) is 3.41.